The van der Waals surface area contributed by atoms with Gasteiger partial charge in [0, 0.05) is 18.6 Å². The third-order valence-corrected chi connectivity index (χ3v) is 2.65. The van der Waals surface area contributed by atoms with E-state index < -0.39 is 12.3 Å². The quantitative estimate of drug-likeness (QED) is 0.811. The minimum atomic E-state index is -0.981. The maximum absolute atomic E-state index is 10.9. The highest BCUT2D eigenvalue weighted by atomic mass is 16.7. The Balaban J connectivity index is 2.36. The van der Waals surface area contributed by atoms with Gasteiger partial charge in [0.05, 0.1) is 5.56 Å². The molecule has 2 rings (SSSR count). The number of benzene rings is 1. The summed E-state index contributed by atoms with van der Waals surface area (Å²) in [6, 6.07) is 6.55. The lowest BCUT2D eigenvalue weighted by atomic mass is 10.2. The summed E-state index contributed by atoms with van der Waals surface area (Å²) in [6.45, 7) is 4.75. The molecule has 102 valence electrons. The van der Waals surface area contributed by atoms with Crippen molar-refractivity contribution in [1.82, 2.24) is 0 Å². The minimum Gasteiger partial charge on any atom is -0.478 e. The van der Waals surface area contributed by atoms with E-state index in [1.807, 2.05) is 13.8 Å². The van der Waals surface area contributed by atoms with Crippen molar-refractivity contribution in [3.63, 3.8) is 0 Å². The molecule has 0 aliphatic carbocycles. The van der Waals surface area contributed by atoms with Crippen LogP contribution in [-0.4, -0.2) is 24.3 Å². The number of rotatable bonds is 6. The largest absolute Gasteiger partial charge is 0.478 e. The third kappa shape index (κ3) is 2.94. The predicted octanol–water partition coefficient (Wildman–Crippen LogP) is 3.20. The highest BCUT2D eigenvalue weighted by Crippen LogP contribution is 2.27. The van der Waals surface area contributed by atoms with Gasteiger partial charge in [0.25, 0.3) is 0 Å². The fourth-order valence-electron chi connectivity index (χ4n) is 1.82. The predicted molar refractivity (Wildman–Crippen MR) is 69.2 cm³/mol. The molecule has 0 saturated heterocycles. The zero-order chi connectivity index (χ0) is 13.8. The van der Waals surface area contributed by atoms with Crippen LogP contribution in [0.2, 0.25) is 0 Å². The van der Waals surface area contributed by atoms with E-state index >= 15 is 0 Å². The number of carboxylic acid groups (broad SMARTS) is 1. The van der Waals surface area contributed by atoms with Crippen molar-refractivity contribution >= 4 is 16.9 Å². The van der Waals surface area contributed by atoms with Gasteiger partial charge in [-0.05, 0) is 32.0 Å². The third-order valence-electron chi connectivity index (χ3n) is 2.65. The molecule has 0 aliphatic heterocycles. The summed E-state index contributed by atoms with van der Waals surface area (Å²) in [5.74, 6) is -0.438. The molecule has 1 aromatic carbocycles. The van der Waals surface area contributed by atoms with Crippen LogP contribution in [0.4, 0.5) is 0 Å². The molecule has 1 N–H and O–H groups in total. The van der Waals surface area contributed by atoms with E-state index in [9.17, 15) is 4.79 Å². The van der Waals surface area contributed by atoms with Gasteiger partial charge < -0.3 is 19.0 Å². The summed E-state index contributed by atoms with van der Waals surface area (Å²) in [5.41, 5.74) is 0.706. The molecule has 0 aliphatic rings. The monoisotopic (exact) mass is 264 g/mol. The van der Waals surface area contributed by atoms with Crippen molar-refractivity contribution in [2.24, 2.45) is 0 Å². The van der Waals surface area contributed by atoms with E-state index in [1.54, 1.807) is 18.2 Å². The first-order valence-corrected chi connectivity index (χ1v) is 6.15. The summed E-state index contributed by atoms with van der Waals surface area (Å²) in [6.07, 6.45) is -0.560. The molecular weight excluding hydrogens is 248 g/mol. The molecule has 0 atom stereocenters. The second-order valence-corrected chi connectivity index (χ2v) is 3.95. The molecule has 0 fully saturated rings. The Morgan fingerprint density at radius 1 is 1.26 bits per heavy atom. The van der Waals surface area contributed by atoms with Crippen LogP contribution in [-0.2, 0) is 9.47 Å². The van der Waals surface area contributed by atoms with Gasteiger partial charge in [-0.25, -0.2) is 4.79 Å². The number of carboxylic acids is 1. The van der Waals surface area contributed by atoms with Crippen LogP contribution < -0.4 is 0 Å². The molecule has 0 unspecified atom stereocenters. The molecule has 19 heavy (non-hydrogen) atoms. The minimum absolute atomic E-state index is 0.192. The maximum atomic E-state index is 10.9. The first kappa shape index (κ1) is 13.6. The average molecular weight is 264 g/mol. The number of hydrogen-bond donors (Lipinski definition) is 1. The van der Waals surface area contributed by atoms with Gasteiger partial charge in [-0.1, -0.05) is 6.07 Å². The SMILES string of the molecule is CCOC(OCC)c1cc2ccc(C(=O)O)cc2o1. The number of hydrogen-bond acceptors (Lipinski definition) is 4. The molecule has 2 aromatic rings. The van der Waals surface area contributed by atoms with Gasteiger partial charge in [0.2, 0.25) is 6.29 Å². The van der Waals surface area contributed by atoms with Crippen molar-refractivity contribution in [2.75, 3.05) is 13.2 Å². The first-order valence-electron chi connectivity index (χ1n) is 6.15. The molecule has 0 bridgehead atoms. The van der Waals surface area contributed by atoms with Crippen molar-refractivity contribution in [1.29, 1.82) is 0 Å². The Labute approximate surface area is 110 Å². The maximum Gasteiger partial charge on any atom is 0.335 e. The second-order valence-electron chi connectivity index (χ2n) is 3.95. The van der Waals surface area contributed by atoms with Crippen molar-refractivity contribution in [3.05, 3.63) is 35.6 Å². The van der Waals surface area contributed by atoms with E-state index in [1.165, 1.54) is 6.07 Å². The van der Waals surface area contributed by atoms with Crippen molar-refractivity contribution in [3.8, 4) is 0 Å². The van der Waals surface area contributed by atoms with Crippen molar-refractivity contribution < 1.29 is 23.8 Å². The second kappa shape index (κ2) is 5.86. The summed E-state index contributed by atoms with van der Waals surface area (Å²) in [4.78, 5) is 10.9. The molecule has 1 heterocycles. The number of carbonyl (C=O) groups is 1. The zero-order valence-corrected chi connectivity index (χ0v) is 10.9. The van der Waals surface area contributed by atoms with E-state index in [0.29, 0.717) is 24.6 Å². The molecule has 0 spiro atoms. The smallest absolute Gasteiger partial charge is 0.335 e. The Morgan fingerprint density at radius 2 is 1.95 bits per heavy atom. The van der Waals surface area contributed by atoms with E-state index in [4.69, 9.17) is 19.0 Å². The average Bonchev–Trinajstić information content (AvgIpc) is 2.80. The Hall–Kier alpha value is -1.85. The fraction of sp³-hybridized carbons (Fsp3) is 0.357. The van der Waals surface area contributed by atoms with Crippen LogP contribution in [0, 0.1) is 0 Å². The van der Waals surface area contributed by atoms with Gasteiger partial charge in [-0.15, -0.1) is 0 Å². The van der Waals surface area contributed by atoms with Crippen LogP contribution in [0.25, 0.3) is 11.0 Å². The summed E-state index contributed by atoms with van der Waals surface area (Å²) in [7, 11) is 0. The van der Waals surface area contributed by atoms with E-state index in [-0.39, 0.29) is 5.56 Å². The van der Waals surface area contributed by atoms with Gasteiger partial charge >= 0.3 is 5.97 Å². The molecule has 1 aromatic heterocycles. The molecule has 0 radical (unpaired) electrons. The lowest BCUT2D eigenvalue weighted by molar-refractivity contribution is -0.150. The number of fused-ring (bicyclic) bond motifs is 1. The topological polar surface area (TPSA) is 68.9 Å². The number of furan rings is 1. The summed E-state index contributed by atoms with van der Waals surface area (Å²) in [5, 5.41) is 9.76. The fourth-order valence-corrected chi connectivity index (χ4v) is 1.82. The van der Waals surface area contributed by atoms with E-state index in [2.05, 4.69) is 0 Å². The lowest BCUT2D eigenvalue weighted by Gasteiger charge is -2.13. The normalized spacial score (nSPS) is 11.3. The molecule has 0 amide bonds. The number of aromatic carboxylic acids is 1. The Kier molecular flexibility index (Phi) is 4.19. The van der Waals surface area contributed by atoms with E-state index in [0.717, 1.165) is 5.39 Å². The summed E-state index contributed by atoms with van der Waals surface area (Å²) < 4.78 is 16.5. The first-order chi connectivity index (χ1) is 9.15. The molecular formula is C14H16O5. The zero-order valence-electron chi connectivity index (χ0n) is 10.9. The Morgan fingerprint density at radius 3 is 2.53 bits per heavy atom. The highest BCUT2D eigenvalue weighted by Gasteiger charge is 2.17. The molecule has 5 heteroatoms. The van der Waals surface area contributed by atoms with Gasteiger partial charge in [-0.2, -0.15) is 0 Å². The van der Waals surface area contributed by atoms with Gasteiger partial charge in [0.1, 0.15) is 5.58 Å². The number of ether oxygens (including phenoxy) is 2. The van der Waals surface area contributed by atoms with Crippen molar-refractivity contribution in [2.45, 2.75) is 20.1 Å². The molecule has 0 saturated carbocycles. The summed E-state index contributed by atoms with van der Waals surface area (Å²) >= 11 is 0. The van der Waals surface area contributed by atoms with Crippen LogP contribution in [0.3, 0.4) is 0 Å². The van der Waals surface area contributed by atoms with Crippen LogP contribution >= 0.6 is 0 Å². The van der Waals surface area contributed by atoms with Gasteiger partial charge in [-0.3, -0.25) is 0 Å². The van der Waals surface area contributed by atoms with Gasteiger partial charge in [0.15, 0.2) is 5.76 Å². The highest BCUT2D eigenvalue weighted by molar-refractivity contribution is 5.92. The van der Waals surface area contributed by atoms with Crippen LogP contribution in [0.15, 0.2) is 28.7 Å². The standard InChI is InChI=1S/C14H16O5/c1-3-17-14(18-4-2)12-7-9-5-6-10(13(15)16)8-11(9)19-12/h5-8,14H,3-4H2,1-2H3,(H,15,16). The Bertz CT molecular complexity index is 566. The molecule has 5 nitrogen and oxygen atoms in total. The van der Waals surface area contributed by atoms with Crippen LogP contribution in [0.5, 0.6) is 0 Å². The lowest BCUT2D eigenvalue weighted by Crippen LogP contribution is -2.07. The van der Waals surface area contributed by atoms with Crippen LogP contribution in [0.1, 0.15) is 36.3 Å².